The SMILES string of the molecule is NCc1nnc(SCc2cnoc2)n1C1CC1. The van der Waals surface area contributed by atoms with Gasteiger partial charge in [-0.3, -0.25) is 0 Å². The van der Waals surface area contributed by atoms with Crippen LogP contribution in [0.4, 0.5) is 0 Å². The van der Waals surface area contributed by atoms with Gasteiger partial charge >= 0.3 is 0 Å². The van der Waals surface area contributed by atoms with Gasteiger partial charge < -0.3 is 14.8 Å². The van der Waals surface area contributed by atoms with Crippen LogP contribution in [0.25, 0.3) is 0 Å². The van der Waals surface area contributed by atoms with E-state index >= 15 is 0 Å². The Balaban J connectivity index is 1.76. The Morgan fingerprint density at radius 2 is 2.35 bits per heavy atom. The largest absolute Gasteiger partial charge is 0.364 e. The molecule has 2 heterocycles. The van der Waals surface area contributed by atoms with Crippen molar-refractivity contribution < 1.29 is 4.52 Å². The Morgan fingerprint density at radius 3 is 3.00 bits per heavy atom. The van der Waals surface area contributed by atoms with Crippen molar-refractivity contribution in [1.82, 2.24) is 19.9 Å². The molecule has 3 rings (SSSR count). The summed E-state index contributed by atoms with van der Waals surface area (Å²) in [5, 5.41) is 12.9. The molecule has 1 fully saturated rings. The Kier molecular flexibility index (Phi) is 2.86. The highest BCUT2D eigenvalue weighted by Gasteiger charge is 2.29. The molecule has 0 saturated heterocycles. The average Bonchev–Trinajstić information content (AvgIpc) is 2.92. The topological polar surface area (TPSA) is 82.8 Å². The van der Waals surface area contributed by atoms with E-state index in [2.05, 4.69) is 19.9 Å². The lowest BCUT2D eigenvalue weighted by Crippen LogP contribution is -2.07. The molecule has 0 aromatic carbocycles. The van der Waals surface area contributed by atoms with E-state index in [0.717, 1.165) is 22.3 Å². The minimum Gasteiger partial charge on any atom is -0.364 e. The van der Waals surface area contributed by atoms with Gasteiger partial charge in [0.05, 0.1) is 12.7 Å². The van der Waals surface area contributed by atoms with Gasteiger partial charge in [-0.1, -0.05) is 16.9 Å². The minimum absolute atomic E-state index is 0.442. The van der Waals surface area contributed by atoms with Crippen LogP contribution in [0.5, 0.6) is 0 Å². The predicted octanol–water partition coefficient (Wildman–Crippen LogP) is 1.35. The highest BCUT2D eigenvalue weighted by Crippen LogP contribution is 2.39. The molecule has 1 aliphatic rings. The fourth-order valence-corrected chi connectivity index (χ4v) is 2.62. The summed E-state index contributed by atoms with van der Waals surface area (Å²) >= 11 is 1.64. The van der Waals surface area contributed by atoms with Crippen LogP contribution in [0.3, 0.4) is 0 Å². The Hall–Kier alpha value is -1.34. The molecule has 0 aliphatic heterocycles. The lowest BCUT2D eigenvalue weighted by Gasteiger charge is -2.06. The van der Waals surface area contributed by atoms with Crippen molar-refractivity contribution in [2.45, 2.75) is 36.3 Å². The summed E-state index contributed by atoms with van der Waals surface area (Å²) in [6.07, 6.45) is 5.76. The van der Waals surface area contributed by atoms with E-state index in [1.54, 1.807) is 24.2 Å². The van der Waals surface area contributed by atoms with E-state index in [1.807, 2.05) is 0 Å². The van der Waals surface area contributed by atoms with Crippen molar-refractivity contribution in [3.05, 3.63) is 23.8 Å². The minimum atomic E-state index is 0.442. The fourth-order valence-electron chi connectivity index (χ4n) is 1.69. The summed E-state index contributed by atoms with van der Waals surface area (Å²) in [6, 6.07) is 0.550. The molecule has 90 valence electrons. The van der Waals surface area contributed by atoms with Gasteiger partial charge in [0.1, 0.15) is 12.1 Å². The zero-order chi connectivity index (χ0) is 11.7. The van der Waals surface area contributed by atoms with E-state index in [9.17, 15) is 0 Å². The Morgan fingerprint density at radius 1 is 1.47 bits per heavy atom. The number of aromatic nitrogens is 4. The zero-order valence-corrected chi connectivity index (χ0v) is 10.1. The second kappa shape index (κ2) is 4.50. The molecule has 7 heteroatoms. The number of nitrogens with zero attached hydrogens (tertiary/aromatic N) is 4. The van der Waals surface area contributed by atoms with Crippen molar-refractivity contribution >= 4 is 11.8 Å². The Bertz CT molecular complexity index is 491. The van der Waals surface area contributed by atoms with E-state index < -0.39 is 0 Å². The summed E-state index contributed by atoms with van der Waals surface area (Å²) in [7, 11) is 0. The average molecular weight is 251 g/mol. The molecule has 0 atom stereocenters. The number of rotatable bonds is 5. The molecule has 0 amide bonds. The molecule has 2 aromatic heterocycles. The van der Waals surface area contributed by atoms with Crippen LogP contribution in [0.15, 0.2) is 22.1 Å². The van der Waals surface area contributed by atoms with Crippen molar-refractivity contribution in [1.29, 1.82) is 0 Å². The first-order chi connectivity index (χ1) is 8.38. The molecule has 17 heavy (non-hydrogen) atoms. The van der Waals surface area contributed by atoms with Crippen LogP contribution in [-0.2, 0) is 12.3 Å². The van der Waals surface area contributed by atoms with Crippen molar-refractivity contribution in [2.75, 3.05) is 0 Å². The molecular formula is C10H13N5OS. The van der Waals surface area contributed by atoms with E-state index in [0.29, 0.717) is 12.6 Å². The predicted molar refractivity (Wildman–Crippen MR) is 62.2 cm³/mol. The van der Waals surface area contributed by atoms with Crippen molar-refractivity contribution in [3.63, 3.8) is 0 Å². The van der Waals surface area contributed by atoms with Crippen LogP contribution >= 0.6 is 11.8 Å². The maximum atomic E-state index is 5.66. The summed E-state index contributed by atoms with van der Waals surface area (Å²) in [4.78, 5) is 0. The van der Waals surface area contributed by atoms with Crippen LogP contribution in [-0.4, -0.2) is 19.9 Å². The maximum absolute atomic E-state index is 5.66. The second-order valence-corrected chi connectivity index (χ2v) is 4.97. The van der Waals surface area contributed by atoms with Gasteiger partial charge in [-0.05, 0) is 12.8 Å². The first-order valence-electron chi connectivity index (χ1n) is 5.53. The summed E-state index contributed by atoms with van der Waals surface area (Å²) in [5.74, 6) is 1.67. The number of hydrogen-bond donors (Lipinski definition) is 1. The fraction of sp³-hybridized carbons (Fsp3) is 0.500. The smallest absolute Gasteiger partial charge is 0.191 e. The highest BCUT2D eigenvalue weighted by atomic mass is 32.2. The molecule has 1 saturated carbocycles. The van der Waals surface area contributed by atoms with E-state index in [4.69, 9.17) is 10.3 Å². The molecule has 0 spiro atoms. The van der Waals surface area contributed by atoms with Gasteiger partial charge in [0, 0.05) is 17.4 Å². The molecule has 0 bridgehead atoms. The van der Waals surface area contributed by atoms with Gasteiger partial charge in [-0.25, -0.2) is 0 Å². The van der Waals surface area contributed by atoms with Gasteiger partial charge in [0.2, 0.25) is 0 Å². The molecule has 1 aliphatic carbocycles. The van der Waals surface area contributed by atoms with Gasteiger partial charge in [-0.15, -0.1) is 10.2 Å². The second-order valence-electron chi connectivity index (χ2n) is 4.03. The summed E-state index contributed by atoms with van der Waals surface area (Å²) < 4.78 is 6.96. The maximum Gasteiger partial charge on any atom is 0.191 e. The van der Waals surface area contributed by atoms with E-state index in [1.165, 1.54) is 12.8 Å². The third kappa shape index (κ3) is 2.20. The molecule has 6 nitrogen and oxygen atoms in total. The monoisotopic (exact) mass is 251 g/mol. The first kappa shape index (κ1) is 10.8. The molecule has 0 radical (unpaired) electrons. The normalized spacial score (nSPS) is 15.4. The third-order valence-electron chi connectivity index (χ3n) is 2.68. The number of nitrogens with two attached hydrogens (primary N) is 1. The molecular weight excluding hydrogens is 238 g/mol. The molecule has 0 unspecified atom stereocenters. The van der Waals surface area contributed by atoms with Gasteiger partial charge in [-0.2, -0.15) is 0 Å². The van der Waals surface area contributed by atoms with Crippen molar-refractivity contribution in [2.24, 2.45) is 5.73 Å². The highest BCUT2D eigenvalue weighted by molar-refractivity contribution is 7.98. The van der Waals surface area contributed by atoms with Crippen molar-refractivity contribution in [3.8, 4) is 0 Å². The molecule has 2 N–H and O–H groups in total. The summed E-state index contributed by atoms with van der Waals surface area (Å²) in [5.41, 5.74) is 6.71. The van der Waals surface area contributed by atoms with Crippen LogP contribution < -0.4 is 5.73 Å². The van der Waals surface area contributed by atoms with Crippen LogP contribution in [0, 0.1) is 0 Å². The van der Waals surface area contributed by atoms with E-state index in [-0.39, 0.29) is 0 Å². The number of hydrogen-bond acceptors (Lipinski definition) is 6. The lowest BCUT2D eigenvalue weighted by atomic mass is 10.4. The molecule has 2 aromatic rings. The standard InChI is InChI=1S/C10H13N5OS/c11-3-9-13-14-10(15(9)8-1-2-8)17-6-7-4-12-16-5-7/h4-5,8H,1-3,6,11H2. The Labute approximate surface area is 103 Å². The third-order valence-corrected chi connectivity index (χ3v) is 3.70. The first-order valence-corrected chi connectivity index (χ1v) is 6.52. The lowest BCUT2D eigenvalue weighted by molar-refractivity contribution is 0.419. The van der Waals surface area contributed by atoms with Gasteiger partial charge in [0.15, 0.2) is 5.16 Å². The quantitative estimate of drug-likeness (QED) is 0.808. The van der Waals surface area contributed by atoms with Crippen LogP contribution in [0.1, 0.15) is 30.3 Å². The van der Waals surface area contributed by atoms with Crippen LogP contribution in [0.2, 0.25) is 0 Å². The summed E-state index contributed by atoms with van der Waals surface area (Å²) in [6.45, 7) is 0.442. The number of thioether (sulfide) groups is 1. The van der Waals surface area contributed by atoms with Gasteiger partial charge in [0.25, 0.3) is 0 Å². The zero-order valence-electron chi connectivity index (χ0n) is 9.24.